The summed E-state index contributed by atoms with van der Waals surface area (Å²) in [6.45, 7) is 4.03. The van der Waals surface area contributed by atoms with Gasteiger partial charge in [0, 0.05) is 32.5 Å². The summed E-state index contributed by atoms with van der Waals surface area (Å²) in [6, 6.07) is 11.7. The highest BCUT2D eigenvalue weighted by atomic mass is 35.5. The van der Waals surface area contributed by atoms with E-state index in [0.717, 1.165) is 5.56 Å². The Morgan fingerprint density at radius 1 is 1.15 bits per heavy atom. The average Bonchev–Trinajstić information content (AvgIpc) is 3.45. The van der Waals surface area contributed by atoms with Crippen LogP contribution in [0.1, 0.15) is 53.1 Å². The lowest BCUT2D eigenvalue weighted by atomic mass is 10.0. The number of rotatable bonds is 6. The second-order valence-corrected chi connectivity index (χ2v) is 9.87. The third kappa shape index (κ3) is 4.21. The van der Waals surface area contributed by atoms with Crippen molar-refractivity contribution in [3.63, 3.8) is 0 Å². The Morgan fingerprint density at radius 2 is 1.87 bits per heavy atom. The molecular weight excluding hydrogens is 518 g/mol. The molecule has 0 bridgehead atoms. The number of pyridine rings is 1. The Balaban J connectivity index is 1.81. The summed E-state index contributed by atoms with van der Waals surface area (Å²) < 4.78 is 8.99. The van der Waals surface area contributed by atoms with Crippen LogP contribution in [-0.4, -0.2) is 39.2 Å². The summed E-state index contributed by atoms with van der Waals surface area (Å²) in [4.78, 5) is 37.7. The van der Waals surface area contributed by atoms with Crippen molar-refractivity contribution < 1.29 is 9.53 Å². The molecule has 1 N–H and O–H groups in total. The number of anilines is 2. The molecule has 39 heavy (non-hydrogen) atoms. The number of benzene rings is 1. The van der Waals surface area contributed by atoms with Gasteiger partial charge in [0.2, 0.25) is 11.8 Å². The fourth-order valence-electron chi connectivity index (χ4n) is 5.06. The molecule has 0 fully saturated rings. The number of halogens is 1. The van der Waals surface area contributed by atoms with Gasteiger partial charge in [-0.2, -0.15) is 10.2 Å². The van der Waals surface area contributed by atoms with Crippen molar-refractivity contribution in [3.05, 3.63) is 86.6 Å². The Hall–Kier alpha value is -4.62. The van der Waals surface area contributed by atoms with Gasteiger partial charge < -0.3 is 19.2 Å². The molecule has 1 aromatic carbocycles. The van der Waals surface area contributed by atoms with Gasteiger partial charge in [-0.25, -0.2) is 4.98 Å². The molecule has 1 aliphatic heterocycles. The van der Waals surface area contributed by atoms with Gasteiger partial charge in [0.15, 0.2) is 0 Å². The standard InChI is InChI=1S/C28H26ClN7O3/c1-15(2)35-21(20-13-32-28(31-3)33-25(20)39-5)11-19-24(35)23(17-8-6-16(12-30)7-9-17)36(26(19)37)22-10-18(29)14-34(4)27(22)38/h6-11,13-15,23H,1-5H3,(H,31,32,33)/t23-/m0/s1. The molecule has 11 heteroatoms. The first-order chi connectivity index (χ1) is 18.7. The van der Waals surface area contributed by atoms with E-state index in [1.807, 2.05) is 18.4 Å². The first kappa shape index (κ1) is 26.0. The minimum absolute atomic E-state index is 0.0896. The molecule has 5 rings (SSSR count). The van der Waals surface area contributed by atoms with E-state index in [1.165, 1.54) is 28.8 Å². The van der Waals surface area contributed by atoms with Crippen molar-refractivity contribution in [1.29, 1.82) is 5.26 Å². The van der Waals surface area contributed by atoms with Crippen LogP contribution in [0.2, 0.25) is 5.02 Å². The zero-order valence-corrected chi connectivity index (χ0v) is 22.8. The Kier molecular flexibility index (Phi) is 6.62. The van der Waals surface area contributed by atoms with Crippen molar-refractivity contribution in [2.75, 3.05) is 24.4 Å². The van der Waals surface area contributed by atoms with E-state index in [0.29, 0.717) is 44.9 Å². The van der Waals surface area contributed by atoms with Gasteiger partial charge in [-0.05, 0) is 43.7 Å². The summed E-state index contributed by atoms with van der Waals surface area (Å²) >= 11 is 6.34. The van der Waals surface area contributed by atoms with E-state index >= 15 is 0 Å². The zero-order valence-electron chi connectivity index (χ0n) is 22.1. The molecule has 0 saturated carbocycles. The largest absolute Gasteiger partial charge is 0.480 e. The van der Waals surface area contributed by atoms with E-state index in [4.69, 9.17) is 16.3 Å². The average molecular weight is 544 g/mol. The monoisotopic (exact) mass is 543 g/mol. The van der Waals surface area contributed by atoms with Crippen LogP contribution in [0.3, 0.4) is 0 Å². The van der Waals surface area contributed by atoms with Gasteiger partial charge in [-0.1, -0.05) is 23.7 Å². The van der Waals surface area contributed by atoms with Gasteiger partial charge in [0.1, 0.15) is 11.7 Å². The molecule has 0 saturated heterocycles. The summed E-state index contributed by atoms with van der Waals surface area (Å²) in [5, 5.41) is 12.6. The van der Waals surface area contributed by atoms with Crippen LogP contribution >= 0.6 is 11.6 Å². The number of amides is 1. The van der Waals surface area contributed by atoms with Gasteiger partial charge in [0.05, 0.1) is 46.3 Å². The minimum Gasteiger partial charge on any atom is -0.480 e. The maximum atomic E-state index is 14.1. The molecule has 1 aliphatic rings. The maximum absolute atomic E-state index is 14.1. The maximum Gasteiger partial charge on any atom is 0.274 e. The van der Waals surface area contributed by atoms with Crippen molar-refractivity contribution in [3.8, 4) is 23.2 Å². The van der Waals surface area contributed by atoms with E-state index in [2.05, 4.69) is 21.4 Å². The van der Waals surface area contributed by atoms with Crippen molar-refractivity contribution in [2.45, 2.75) is 25.9 Å². The summed E-state index contributed by atoms with van der Waals surface area (Å²) in [7, 11) is 4.84. The number of nitrogens with one attached hydrogen (secondary N) is 1. The normalized spacial score (nSPS) is 14.5. The van der Waals surface area contributed by atoms with E-state index in [1.54, 1.807) is 50.6 Å². The van der Waals surface area contributed by atoms with Crippen molar-refractivity contribution in [2.24, 2.45) is 7.05 Å². The number of ether oxygens (including phenoxy) is 1. The molecule has 1 amide bonds. The first-order valence-corrected chi connectivity index (χ1v) is 12.6. The molecule has 3 aromatic heterocycles. The molecule has 198 valence electrons. The molecular formula is C28H26ClN7O3. The number of methoxy groups -OCH3 is 1. The fraction of sp³-hybridized carbons (Fsp3) is 0.250. The highest BCUT2D eigenvalue weighted by Crippen LogP contribution is 2.46. The zero-order chi connectivity index (χ0) is 28.0. The predicted molar refractivity (Wildman–Crippen MR) is 148 cm³/mol. The van der Waals surface area contributed by atoms with Gasteiger partial charge in [-0.15, -0.1) is 0 Å². The Bertz CT molecular complexity index is 1700. The lowest BCUT2D eigenvalue weighted by molar-refractivity contribution is 0.0993. The topological polar surface area (TPSA) is 118 Å². The highest BCUT2D eigenvalue weighted by molar-refractivity contribution is 6.30. The highest BCUT2D eigenvalue weighted by Gasteiger charge is 2.44. The number of nitrogens with zero attached hydrogens (tertiary/aromatic N) is 6. The van der Waals surface area contributed by atoms with Gasteiger partial charge >= 0.3 is 0 Å². The van der Waals surface area contributed by atoms with Gasteiger partial charge in [0.25, 0.3) is 11.5 Å². The minimum atomic E-state index is -0.661. The van der Waals surface area contributed by atoms with Crippen LogP contribution in [0.25, 0.3) is 11.3 Å². The summed E-state index contributed by atoms with van der Waals surface area (Å²) in [5.74, 6) is 0.418. The second-order valence-electron chi connectivity index (χ2n) is 9.43. The third-order valence-corrected chi connectivity index (χ3v) is 6.96. The number of carbonyl (C=O) groups excluding carboxylic acids is 1. The quantitative estimate of drug-likeness (QED) is 0.379. The van der Waals surface area contributed by atoms with Gasteiger partial charge in [-0.3, -0.25) is 14.5 Å². The molecule has 4 heterocycles. The smallest absolute Gasteiger partial charge is 0.274 e. The first-order valence-electron chi connectivity index (χ1n) is 12.2. The molecule has 0 radical (unpaired) electrons. The fourth-order valence-corrected chi connectivity index (χ4v) is 5.31. The van der Waals surface area contributed by atoms with Crippen LogP contribution in [-0.2, 0) is 7.05 Å². The molecule has 4 aromatic rings. The summed E-state index contributed by atoms with van der Waals surface area (Å²) in [5.41, 5.74) is 3.51. The Labute approximate surface area is 230 Å². The number of hydrogen-bond acceptors (Lipinski definition) is 7. The van der Waals surface area contributed by atoms with E-state index in [9.17, 15) is 14.9 Å². The SMILES string of the molecule is CNc1ncc(-c2cc3c(n2C(C)C)[C@H](c2ccc(C#N)cc2)N(c2cc(Cl)cn(C)c2=O)C3=O)c(OC)n1. The van der Waals surface area contributed by atoms with Crippen LogP contribution in [0.5, 0.6) is 5.88 Å². The van der Waals surface area contributed by atoms with Crippen molar-refractivity contribution >= 4 is 29.1 Å². The molecule has 0 aliphatic carbocycles. The van der Waals surface area contributed by atoms with Crippen LogP contribution in [0.4, 0.5) is 11.6 Å². The van der Waals surface area contributed by atoms with E-state index < -0.39 is 6.04 Å². The number of aromatic nitrogens is 4. The number of hydrogen-bond donors (Lipinski definition) is 1. The van der Waals surface area contributed by atoms with E-state index in [-0.39, 0.29) is 23.2 Å². The Morgan fingerprint density at radius 3 is 2.49 bits per heavy atom. The third-order valence-electron chi connectivity index (χ3n) is 6.75. The van der Waals surface area contributed by atoms with Crippen LogP contribution in [0, 0.1) is 11.3 Å². The number of carbonyl (C=O) groups is 1. The molecule has 0 unspecified atom stereocenters. The summed E-state index contributed by atoms with van der Waals surface area (Å²) in [6.07, 6.45) is 3.16. The number of fused-ring (bicyclic) bond motifs is 1. The van der Waals surface area contributed by atoms with Crippen LogP contribution < -0.4 is 20.5 Å². The molecule has 1 atom stereocenters. The predicted octanol–water partition coefficient (Wildman–Crippen LogP) is 4.55. The van der Waals surface area contributed by atoms with Crippen LogP contribution in [0.15, 0.2) is 53.6 Å². The number of aryl methyl sites for hydroxylation is 1. The lowest BCUT2D eigenvalue weighted by Crippen LogP contribution is -2.35. The van der Waals surface area contributed by atoms with Crippen molar-refractivity contribution in [1.82, 2.24) is 19.1 Å². The molecule has 0 spiro atoms. The molecule has 10 nitrogen and oxygen atoms in total. The lowest BCUT2D eigenvalue weighted by Gasteiger charge is -2.29. The second kappa shape index (κ2) is 9.93. The number of nitriles is 1.